The molecule has 1 aliphatic heterocycles. The maximum atomic E-state index is 11.9. The van der Waals surface area contributed by atoms with E-state index in [0.717, 1.165) is 19.7 Å². The lowest BCUT2D eigenvalue weighted by molar-refractivity contribution is -0.128. The van der Waals surface area contributed by atoms with E-state index in [1.165, 1.54) is 12.8 Å². The highest BCUT2D eigenvalue weighted by Crippen LogP contribution is 2.20. The fraction of sp³-hybridized carbons (Fsp3) is 0.923. The average molecular weight is 227 g/mol. The van der Waals surface area contributed by atoms with Gasteiger partial charge in [-0.3, -0.25) is 9.69 Å². The quantitative estimate of drug-likeness (QED) is 0.735. The Morgan fingerprint density at radius 1 is 1.44 bits per heavy atom. The van der Waals surface area contributed by atoms with Gasteiger partial charge in [-0.2, -0.15) is 0 Å². The number of ketones is 1. The number of carbonyl (C=O) groups is 1. The second kappa shape index (κ2) is 5.78. The van der Waals surface area contributed by atoms with Gasteiger partial charge in [-0.05, 0) is 25.3 Å². The smallest absolute Gasteiger partial charge is 0.152 e. The van der Waals surface area contributed by atoms with Crippen LogP contribution in [0.15, 0.2) is 0 Å². The number of methoxy groups -OCH3 is 1. The molecule has 0 aromatic heterocycles. The summed E-state index contributed by atoms with van der Waals surface area (Å²) in [5.74, 6) is 0.942. The van der Waals surface area contributed by atoms with Gasteiger partial charge in [-0.1, -0.05) is 20.8 Å². The standard InChI is InChI=1S/C13H25NO2/c1-13(2,3)12(15)9-14-7-5-6-11(8-14)10-16-4/h11H,5-10H2,1-4H3. The van der Waals surface area contributed by atoms with Crippen molar-refractivity contribution in [3.05, 3.63) is 0 Å². The number of ether oxygens (including phenoxy) is 1. The van der Waals surface area contributed by atoms with Crippen LogP contribution in [-0.2, 0) is 9.53 Å². The predicted octanol–water partition coefficient (Wildman–Crippen LogP) is 1.96. The maximum absolute atomic E-state index is 11.9. The van der Waals surface area contributed by atoms with Crippen LogP contribution >= 0.6 is 0 Å². The van der Waals surface area contributed by atoms with Crippen molar-refractivity contribution in [2.45, 2.75) is 33.6 Å². The summed E-state index contributed by atoms with van der Waals surface area (Å²) in [7, 11) is 1.75. The number of hydrogen-bond acceptors (Lipinski definition) is 3. The fourth-order valence-electron chi connectivity index (χ4n) is 2.11. The van der Waals surface area contributed by atoms with Gasteiger partial charge < -0.3 is 4.74 Å². The first-order valence-electron chi connectivity index (χ1n) is 6.18. The van der Waals surface area contributed by atoms with Crippen LogP contribution in [0.1, 0.15) is 33.6 Å². The molecule has 0 N–H and O–H groups in total. The molecule has 0 bridgehead atoms. The van der Waals surface area contributed by atoms with Crippen LogP contribution in [0.2, 0.25) is 0 Å². The Labute approximate surface area is 99.1 Å². The second-order valence-corrected chi connectivity index (χ2v) is 5.87. The van der Waals surface area contributed by atoms with E-state index in [2.05, 4.69) is 4.90 Å². The summed E-state index contributed by atoms with van der Waals surface area (Å²) in [4.78, 5) is 14.2. The number of rotatable bonds is 4. The lowest BCUT2D eigenvalue weighted by Crippen LogP contribution is -2.42. The van der Waals surface area contributed by atoms with Gasteiger partial charge in [0.15, 0.2) is 5.78 Å². The Balaban J connectivity index is 2.40. The van der Waals surface area contributed by atoms with E-state index >= 15 is 0 Å². The van der Waals surface area contributed by atoms with Gasteiger partial charge in [0.1, 0.15) is 0 Å². The fourth-order valence-corrected chi connectivity index (χ4v) is 2.11. The molecule has 1 aliphatic rings. The zero-order valence-electron chi connectivity index (χ0n) is 11.1. The van der Waals surface area contributed by atoms with E-state index in [4.69, 9.17) is 4.74 Å². The number of carbonyl (C=O) groups excluding carboxylic acids is 1. The monoisotopic (exact) mass is 227 g/mol. The Hall–Kier alpha value is -0.410. The summed E-state index contributed by atoms with van der Waals surface area (Å²) in [5.41, 5.74) is -0.214. The molecule has 1 rings (SSSR count). The van der Waals surface area contributed by atoms with Crippen LogP contribution in [-0.4, -0.2) is 44.0 Å². The van der Waals surface area contributed by atoms with Gasteiger partial charge in [0.2, 0.25) is 0 Å². The van der Waals surface area contributed by atoms with Crippen molar-refractivity contribution in [3.63, 3.8) is 0 Å². The van der Waals surface area contributed by atoms with Gasteiger partial charge in [0.25, 0.3) is 0 Å². The normalized spacial score (nSPS) is 23.4. The molecule has 0 radical (unpaired) electrons. The maximum Gasteiger partial charge on any atom is 0.152 e. The summed E-state index contributed by atoms with van der Waals surface area (Å²) < 4.78 is 5.19. The van der Waals surface area contributed by atoms with E-state index < -0.39 is 0 Å². The van der Waals surface area contributed by atoms with Gasteiger partial charge >= 0.3 is 0 Å². The van der Waals surface area contributed by atoms with Crippen LogP contribution in [0.4, 0.5) is 0 Å². The molecule has 0 aliphatic carbocycles. The topological polar surface area (TPSA) is 29.5 Å². The molecule has 0 amide bonds. The van der Waals surface area contributed by atoms with Crippen molar-refractivity contribution < 1.29 is 9.53 Å². The third-order valence-electron chi connectivity index (χ3n) is 3.21. The van der Waals surface area contributed by atoms with Crippen LogP contribution in [0.5, 0.6) is 0 Å². The van der Waals surface area contributed by atoms with Crippen molar-refractivity contribution in [1.82, 2.24) is 4.90 Å². The Kier molecular flexibility index (Phi) is 4.93. The molecule has 1 unspecified atom stereocenters. The molecule has 0 aromatic rings. The van der Waals surface area contributed by atoms with Crippen molar-refractivity contribution in [2.24, 2.45) is 11.3 Å². The molecular formula is C13H25NO2. The number of nitrogens with zero attached hydrogens (tertiary/aromatic N) is 1. The second-order valence-electron chi connectivity index (χ2n) is 5.87. The zero-order chi connectivity index (χ0) is 12.2. The predicted molar refractivity (Wildman–Crippen MR) is 65.5 cm³/mol. The molecule has 1 atom stereocenters. The molecular weight excluding hydrogens is 202 g/mol. The summed E-state index contributed by atoms with van der Waals surface area (Å²) in [6, 6.07) is 0. The van der Waals surface area contributed by atoms with E-state index in [9.17, 15) is 4.79 Å². The molecule has 16 heavy (non-hydrogen) atoms. The molecule has 1 heterocycles. The van der Waals surface area contributed by atoms with Crippen molar-refractivity contribution in [3.8, 4) is 0 Å². The highest BCUT2D eigenvalue weighted by molar-refractivity contribution is 5.85. The van der Waals surface area contributed by atoms with E-state index in [1.54, 1.807) is 7.11 Å². The number of likely N-dealkylation sites (tertiary alicyclic amines) is 1. The minimum Gasteiger partial charge on any atom is -0.384 e. The minimum absolute atomic E-state index is 0.214. The molecule has 3 heteroatoms. The highest BCUT2D eigenvalue weighted by Gasteiger charge is 2.26. The first-order chi connectivity index (χ1) is 7.43. The molecule has 0 saturated carbocycles. The van der Waals surface area contributed by atoms with Gasteiger partial charge in [-0.15, -0.1) is 0 Å². The van der Waals surface area contributed by atoms with Crippen molar-refractivity contribution in [2.75, 3.05) is 33.4 Å². The minimum atomic E-state index is -0.214. The third-order valence-corrected chi connectivity index (χ3v) is 3.21. The number of hydrogen-bond donors (Lipinski definition) is 0. The first-order valence-corrected chi connectivity index (χ1v) is 6.18. The average Bonchev–Trinajstić information content (AvgIpc) is 2.17. The third kappa shape index (κ3) is 4.22. The summed E-state index contributed by atoms with van der Waals surface area (Å²) in [6.07, 6.45) is 2.42. The molecule has 0 spiro atoms. The number of piperidine rings is 1. The molecule has 1 fully saturated rings. The van der Waals surface area contributed by atoms with E-state index in [1.807, 2.05) is 20.8 Å². The van der Waals surface area contributed by atoms with Gasteiger partial charge in [0, 0.05) is 19.1 Å². The van der Waals surface area contributed by atoms with Crippen molar-refractivity contribution in [1.29, 1.82) is 0 Å². The lowest BCUT2D eigenvalue weighted by atomic mass is 9.89. The largest absolute Gasteiger partial charge is 0.384 e. The first kappa shape index (κ1) is 13.7. The van der Waals surface area contributed by atoms with E-state index in [0.29, 0.717) is 18.2 Å². The molecule has 1 saturated heterocycles. The van der Waals surface area contributed by atoms with E-state index in [-0.39, 0.29) is 5.41 Å². The van der Waals surface area contributed by atoms with Crippen molar-refractivity contribution >= 4 is 5.78 Å². The molecule has 3 nitrogen and oxygen atoms in total. The van der Waals surface area contributed by atoms with Crippen LogP contribution in [0, 0.1) is 11.3 Å². The van der Waals surface area contributed by atoms with Crippen LogP contribution in [0.3, 0.4) is 0 Å². The lowest BCUT2D eigenvalue weighted by Gasteiger charge is -2.33. The zero-order valence-corrected chi connectivity index (χ0v) is 11.1. The van der Waals surface area contributed by atoms with Crippen LogP contribution < -0.4 is 0 Å². The highest BCUT2D eigenvalue weighted by atomic mass is 16.5. The summed E-state index contributed by atoms with van der Waals surface area (Å²) in [6.45, 7) is 9.46. The summed E-state index contributed by atoms with van der Waals surface area (Å²) in [5, 5.41) is 0. The molecule has 94 valence electrons. The Bertz CT molecular complexity index is 231. The number of Topliss-reactive ketones (excluding diaryl/α,β-unsaturated/α-hetero) is 1. The molecule has 0 aromatic carbocycles. The summed E-state index contributed by atoms with van der Waals surface area (Å²) >= 11 is 0. The Morgan fingerprint density at radius 3 is 2.69 bits per heavy atom. The van der Waals surface area contributed by atoms with Crippen LogP contribution in [0.25, 0.3) is 0 Å². The van der Waals surface area contributed by atoms with Gasteiger partial charge in [0.05, 0.1) is 13.2 Å². The van der Waals surface area contributed by atoms with Gasteiger partial charge in [-0.25, -0.2) is 0 Å². The SMILES string of the molecule is COCC1CCCN(CC(=O)C(C)(C)C)C1. The Morgan fingerprint density at radius 2 is 2.12 bits per heavy atom.